The third-order valence-electron chi connectivity index (χ3n) is 3.76. The first kappa shape index (κ1) is 17.7. The maximum Gasteiger partial charge on any atom is 0.340 e. The Kier molecular flexibility index (Phi) is 5.35. The van der Waals surface area contributed by atoms with E-state index in [1.165, 1.54) is 6.92 Å². The van der Waals surface area contributed by atoms with Crippen molar-refractivity contribution in [2.45, 2.75) is 33.0 Å². The summed E-state index contributed by atoms with van der Waals surface area (Å²) >= 11 is 0. The number of ether oxygens (including phenoxy) is 1. The number of nitrogens with zero attached hydrogens (tertiary/aromatic N) is 2. The largest absolute Gasteiger partial charge is 0.450 e. The van der Waals surface area contributed by atoms with Crippen LogP contribution in [0.15, 0.2) is 30.3 Å². The lowest BCUT2D eigenvalue weighted by Gasteiger charge is -2.16. The molecular formula is C17H21N3O4. The van der Waals surface area contributed by atoms with Crippen molar-refractivity contribution in [3.8, 4) is 0 Å². The Balaban J connectivity index is 2.00. The van der Waals surface area contributed by atoms with Crippen LogP contribution in [0.2, 0.25) is 0 Å². The van der Waals surface area contributed by atoms with Crippen LogP contribution in [0.25, 0.3) is 0 Å². The van der Waals surface area contributed by atoms with Crippen LogP contribution in [0.1, 0.15) is 30.0 Å². The number of aliphatic hydroxyl groups excluding tert-OH is 1. The molecule has 1 heterocycles. The minimum atomic E-state index is -1.43. The fraction of sp³-hybridized carbons (Fsp3) is 0.353. The molecule has 2 atom stereocenters. The highest BCUT2D eigenvalue weighted by atomic mass is 16.6. The van der Waals surface area contributed by atoms with Crippen molar-refractivity contribution in [3.05, 3.63) is 47.3 Å². The molecule has 2 aromatic rings. The molecule has 7 heteroatoms. The topological polar surface area (TPSA) is 93.5 Å². The van der Waals surface area contributed by atoms with E-state index >= 15 is 0 Å². The van der Waals surface area contributed by atoms with Crippen LogP contribution in [-0.4, -0.2) is 32.9 Å². The van der Waals surface area contributed by atoms with E-state index in [0.717, 1.165) is 5.69 Å². The quantitative estimate of drug-likeness (QED) is 0.813. The zero-order valence-corrected chi connectivity index (χ0v) is 14.1. The molecule has 1 amide bonds. The molecule has 1 aromatic carbocycles. The van der Waals surface area contributed by atoms with Gasteiger partial charge in [0, 0.05) is 7.05 Å². The van der Waals surface area contributed by atoms with Gasteiger partial charge in [0.25, 0.3) is 5.91 Å². The smallest absolute Gasteiger partial charge is 0.340 e. The van der Waals surface area contributed by atoms with Gasteiger partial charge < -0.3 is 15.2 Å². The summed E-state index contributed by atoms with van der Waals surface area (Å²) in [4.78, 5) is 24.2. The van der Waals surface area contributed by atoms with E-state index in [1.54, 1.807) is 49.0 Å². The summed E-state index contributed by atoms with van der Waals surface area (Å²) in [6, 6.07) is 8.40. The Morgan fingerprint density at radius 1 is 1.25 bits per heavy atom. The highest BCUT2D eigenvalue weighted by Crippen LogP contribution is 2.19. The van der Waals surface area contributed by atoms with Crippen LogP contribution in [0.4, 0.5) is 5.69 Å². The van der Waals surface area contributed by atoms with Gasteiger partial charge in [-0.05, 0) is 26.3 Å². The van der Waals surface area contributed by atoms with Crippen molar-refractivity contribution in [1.29, 1.82) is 0 Å². The minimum Gasteiger partial charge on any atom is -0.450 e. The van der Waals surface area contributed by atoms with Gasteiger partial charge in [-0.1, -0.05) is 30.3 Å². The minimum absolute atomic E-state index is 0.411. The van der Waals surface area contributed by atoms with Gasteiger partial charge in [-0.15, -0.1) is 0 Å². The van der Waals surface area contributed by atoms with Crippen molar-refractivity contribution in [2.24, 2.45) is 7.05 Å². The number of carbonyl (C=O) groups excluding carboxylic acids is 2. The van der Waals surface area contributed by atoms with Crippen LogP contribution in [0.3, 0.4) is 0 Å². The van der Waals surface area contributed by atoms with Crippen molar-refractivity contribution in [2.75, 3.05) is 5.32 Å². The van der Waals surface area contributed by atoms with E-state index in [9.17, 15) is 14.7 Å². The molecule has 128 valence electrons. The van der Waals surface area contributed by atoms with Crippen LogP contribution in [0, 0.1) is 13.8 Å². The molecule has 0 radical (unpaired) electrons. The summed E-state index contributed by atoms with van der Waals surface area (Å²) in [6.45, 7) is 5.05. The van der Waals surface area contributed by atoms with E-state index in [2.05, 4.69) is 10.4 Å². The predicted molar refractivity (Wildman–Crippen MR) is 88.3 cm³/mol. The second-order valence-corrected chi connectivity index (χ2v) is 5.55. The van der Waals surface area contributed by atoms with Crippen molar-refractivity contribution >= 4 is 17.6 Å². The number of rotatable bonds is 5. The average molecular weight is 331 g/mol. The zero-order chi connectivity index (χ0) is 17.9. The molecule has 0 fully saturated rings. The zero-order valence-electron chi connectivity index (χ0n) is 14.1. The SMILES string of the molecule is Cc1nn(C)c(C)c1NC(=O)[C@@H](C)OC(=O)[C@H](O)c1ccccc1. The van der Waals surface area contributed by atoms with Crippen molar-refractivity contribution in [3.63, 3.8) is 0 Å². The van der Waals surface area contributed by atoms with Crippen molar-refractivity contribution < 1.29 is 19.4 Å². The van der Waals surface area contributed by atoms with Crippen LogP contribution in [0.5, 0.6) is 0 Å². The molecule has 1 aromatic heterocycles. The number of amides is 1. The van der Waals surface area contributed by atoms with E-state index in [1.807, 2.05) is 6.92 Å². The summed E-state index contributed by atoms with van der Waals surface area (Å²) in [6.07, 6.45) is -2.47. The normalized spacial score (nSPS) is 13.2. The molecule has 0 aliphatic heterocycles. The van der Waals surface area contributed by atoms with Gasteiger partial charge >= 0.3 is 5.97 Å². The van der Waals surface area contributed by atoms with Crippen LogP contribution < -0.4 is 5.32 Å². The first-order valence-corrected chi connectivity index (χ1v) is 7.55. The van der Waals surface area contributed by atoms with E-state index < -0.39 is 24.1 Å². The Morgan fingerprint density at radius 2 is 1.88 bits per heavy atom. The number of aromatic nitrogens is 2. The molecular weight excluding hydrogens is 310 g/mol. The molecule has 7 nitrogen and oxygen atoms in total. The van der Waals surface area contributed by atoms with Gasteiger partial charge in [-0.3, -0.25) is 9.48 Å². The number of aliphatic hydroxyl groups is 1. The maximum atomic E-state index is 12.2. The van der Waals surface area contributed by atoms with E-state index in [0.29, 0.717) is 16.9 Å². The first-order chi connectivity index (χ1) is 11.3. The Bertz CT molecular complexity index is 740. The van der Waals surface area contributed by atoms with Gasteiger partial charge in [0.15, 0.2) is 12.2 Å². The standard InChI is InChI=1S/C17H21N3O4/c1-10-14(11(2)20(4)19-10)18-16(22)12(3)24-17(23)15(21)13-8-6-5-7-9-13/h5-9,12,15,21H,1-4H3,(H,18,22)/t12-,15-/m1/s1. The molecule has 0 aliphatic rings. The summed E-state index contributed by atoms with van der Waals surface area (Å²) in [5.41, 5.74) is 2.47. The van der Waals surface area contributed by atoms with E-state index in [4.69, 9.17) is 4.74 Å². The van der Waals surface area contributed by atoms with E-state index in [-0.39, 0.29) is 0 Å². The van der Waals surface area contributed by atoms with Crippen LogP contribution >= 0.6 is 0 Å². The number of aryl methyl sites for hydroxylation is 2. The molecule has 24 heavy (non-hydrogen) atoms. The Labute approximate surface area is 140 Å². The third-order valence-corrected chi connectivity index (χ3v) is 3.76. The molecule has 0 bridgehead atoms. The van der Waals surface area contributed by atoms with Gasteiger partial charge in [0.1, 0.15) is 0 Å². The summed E-state index contributed by atoms with van der Waals surface area (Å²) in [5.74, 6) is -1.36. The van der Waals surface area contributed by atoms with Crippen molar-refractivity contribution in [1.82, 2.24) is 9.78 Å². The number of hydrogen-bond donors (Lipinski definition) is 2. The summed E-state index contributed by atoms with van der Waals surface area (Å²) < 4.78 is 6.71. The highest BCUT2D eigenvalue weighted by molar-refractivity contribution is 5.96. The monoisotopic (exact) mass is 331 g/mol. The van der Waals surface area contributed by atoms with Gasteiger partial charge in [0.2, 0.25) is 0 Å². The molecule has 0 saturated heterocycles. The van der Waals surface area contributed by atoms with Gasteiger partial charge in [-0.2, -0.15) is 5.10 Å². The fourth-order valence-corrected chi connectivity index (χ4v) is 2.24. The molecule has 0 spiro atoms. The number of nitrogens with one attached hydrogen (secondary N) is 1. The Hall–Kier alpha value is -2.67. The average Bonchev–Trinajstić information content (AvgIpc) is 2.81. The third kappa shape index (κ3) is 3.80. The number of hydrogen-bond acceptors (Lipinski definition) is 5. The van der Waals surface area contributed by atoms with Gasteiger partial charge in [0.05, 0.1) is 17.1 Å². The Morgan fingerprint density at radius 3 is 2.42 bits per heavy atom. The summed E-state index contributed by atoms with van der Waals surface area (Å²) in [5, 5.41) is 16.9. The second-order valence-electron chi connectivity index (χ2n) is 5.55. The number of anilines is 1. The molecule has 0 saturated carbocycles. The number of carbonyl (C=O) groups is 2. The fourth-order valence-electron chi connectivity index (χ4n) is 2.24. The molecule has 2 rings (SSSR count). The maximum absolute atomic E-state index is 12.2. The lowest BCUT2D eigenvalue weighted by atomic mass is 10.1. The first-order valence-electron chi connectivity index (χ1n) is 7.55. The predicted octanol–water partition coefficient (Wildman–Crippen LogP) is 1.64. The summed E-state index contributed by atoms with van der Waals surface area (Å²) in [7, 11) is 1.78. The lowest BCUT2D eigenvalue weighted by molar-refractivity contribution is -0.162. The van der Waals surface area contributed by atoms with Crippen LogP contribution in [-0.2, 0) is 21.4 Å². The second kappa shape index (κ2) is 7.27. The molecule has 2 N–H and O–H groups in total. The number of esters is 1. The number of benzene rings is 1. The highest BCUT2D eigenvalue weighted by Gasteiger charge is 2.25. The molecule has 0 unspecified atom stereocenters. The van der Waals surface area contributed by atoms with Gasteiger partial charge in [-0.25, -0.2) is 4.79 Å². The lowest BCUT2D eigenvalue weighted by Crippen LogP contribution is -2.32. The molecule has 0 aliphatic carbocycles.